The second kappa shape index (κ2) is 8.53. The van der Waals surface area contributed by atoms with Crippen LogP contribution in [0.5, 0.6) is 0 Å². The molecule has 2 heteroatoms. The maximum absolute atomic E-state index is 3.96. The lowest BCUT2D eigenvalue weighted by atomic mass is 9.78. The highest BCUT2D eigenvalue weighted by Crippen LogP contribution is 2.33. The third-order valence-electron chi connectivity index (χ3n) is 5.79. The van der Waals surface area contributed by atoms with E-state index in [-0.39, 0.29) is 0 Å². The second-order valence-corrected chi connectivity index (χ2v) is 7.92. The van der Waals surface area contributed by atoms with Crippen LogP contribution in [0.2, 0.25) is 0 Å². The normalized spacial score (nSPS) is 26.6. The quantitative estimate of drug-likeness (QED) is 0.691. The maximum Gasteiger partial charge on any atom is 0.0309 e. The average molecular weight is 295 g/mol. The molecule has 2 fully saturated rings. The molecule has 1 atom stereocenters. The van der Waals surface area contributed by atoms with E-state index in [1.807, 2.05) is 0 Å². The molecule has 124 valence electrons. The van der Waals surface area contributed by atoms with E-state index in [0.29, 0.717) is 5.54 Å². The van der Waals surface area contributed by atoms with Gasteiger partial charge in [-0.05, 0) is 31.7 Å². The highest BCUT2D eigenvalue weighted by atomic mass is 15.3. The summed E-state index contributed by atoms with van der Waals surface area (Å²) in [7, 11) is 0. The number of piperazine rings is 1. The van der Waals surface area contributed by atoms with E-state index in [1.165, 1.54) is 83.8 Å². The van der Waals surface area contributed by atoms with Gasteiger partial charge in [0.1, 0.15) is 0 Å². The van der Waals surface area contributed by atoms with Gasteiger partial charge < -0.3 is 5.32 Å². The van der Waals surface area contributed by atoms with Crippen molar-refractivity contribution in [2.75, 3.05) is 19.6 Å². The molecule has 1 saturated carbocycles. The van der Waals surface area contributed by atoms with Gasteiger partial charge in [-0.25, -0.2) is 0 Å². The predicted octanol–water partition coefficient (Wildman–Crippen LogP) is 4.59. The second-order valence-electron chi connectivity index (χ2n) is 7.92. The van der Waals surface area contributed by atoms with Gasteiger partial charge in [0, 0.05) is 24.7 Å². The van der Waals surface area contributed by atoms with Gasteiger partial charge in [-0.2, -0.15) is 0 Å². The molecule has 1 saturated heterocycles. The van der Waals surface area contributed by atoms with Crippen LogP contribution in [0.15, 0.2) is 0 Å². The number of rotatable bonds is 7. The van der Waals surface area contributed by atoms with Crippen molar-refractivity contribution in [3.8, 4) is 0 Å². The Labute approximate surface area is 133 Å². The first-order chi connectivity index (χ1) is 10.2. The summed E-state index contributed by atoms with van der Waals surface area (Å²) in [5.74, 6) is 0.772. The van der Waals surface area contributed by atoms with Crippen LogP contribution in [0.3, 0.4) is 0 Å². The van der Waals surface area contributed by atoms with Crippen LogP contribution in [0.25, 0.3) is 0 Å². The molecule has 0 bridgehead atoms. The molecular weight excluding hydrogens is 256 g/mol. The predicted molar refractivity (Wildman–Crippen MR) is 92.8 cm³/mol. The SMILES string of the molecule is CCCCCCCN1CC2(CCCCC2)NCC1C(C)C. The van der Waals surface area contributed by atoms with Crippen LogP contribution >= 0.6 is 0 Å². The largest absolute Gasteiger partial charge is 0.308 e. The smallest absolute Gasteiger partial charge is 0.0309 e. The minimum atomic E-state index is 0.465. The zero-order valence-electron chi connectivity index (χ0n) is 14.8. The summed E-state index contributed by atoms with van der Waals surface area (Å²) in [6, 6.07) is 0.753. The minimum absolute atomic E-state index is 0.465. The Balaban J connectivity index is 1.85. The summed E-state index contributed by atoms with van der Waals surface area (Å²) in [5.41, 5.74) is 0.465. The first kappa shape index (κ1) is 17.3. The first-order valence-electron chi connectivity index (χ1n) is 9.66. The Kier molecular flexibility index (Phi) is 7.01. The van der Waals surface area contributed by atoms with E-state index < -0.39 is 0 Å². The van der Waals surface area contributed by atoms with Crippen molar-refractivity contribution >= 4 is 0 Å². The fraction of sp³-hybridized carbons (Fsp3) is 1.00. The van der Waals surface area contributed by atoms with Gasteiger partial charge >= 0.3 is 0 Å². The number of hydrogen-bond acceptors (Lipinski definition) is 2. The summed E-state index contributed by atoms with van der Waals surface area (Å²) in [6.45, 7) is 11.0. The molecule has 0 aromatic rings. The van der Waals surface area contributed by atoms with Crippen LogP contribution in [0.4, 0.5) is 0 Å². The maximum atomic E-state index is 3.96. The van der Waals surface area contributed by atoms with Crippen molar-refractivity contribution in [2.24, 2.45) is 5.92 Å². The lowest BCUT2D eigenvalue weighted by Crippen LogP contribution is -2.65. The monoisotopic (exact) mass is 294 g/mol. The standard InChI is InChI=1S/C19H38N2/c1-4-5-6-7-11-14-21-16-19(12-9-8-10-13-19)20-15-18(21)17(2)3/h17-18,20H,4-16H2,1-3H3. The van der Waals surface area contributed by atoms with E-state index in [4.69, 9.17) is 0 Å². The number of hydrogen-bond donors (Lipinski definition) is 1. The van der Waals surface area contributed by atoms with Gasteiger partial charge in [-0.3, -0.25) is 4.90 Å². The van der Waals surface area contributed by atoms with Crippen molar-refractivity contribution in [1.82, 2.24) is 10.2 Å². The minimum Gasteiger partial charge on any atom is -0.308 e. The molecule has 2 aliphatic rings. The van der Waals surface area contributed by atoms with Crippen LogP contribution in [0.1, 0.15) is 85.0 Å². The fourth-order valence-corrected chi connectivity index (χ4v) is 4.40. The van der Waals surface area contributed by atoms with E-state index in [9.17, 15) is 0 Å². The molecule has 0 radical (unpaired) electrons. The van der Waals surface area contributed by atoms with Gasteiger partial charge in [-0.1, -0.05) is 65.7 Å². The molecule has 1 N–H and O–H groups in total. The lowest BCUT2D eigenvalue weighted by molar-refractivity contribution is 0.0354. The number of nitrogens with one attached hydrogen (secondary N) is 1. The third kappa shape index (κ3) is 4.96. The molecule has 0 amide bonds. The third-order valence-corrected chi connectivity index (χ3v) is 5.79. The summed E-state index contributed by atoms with van der Waals surface area (Å²) in [5, 5.41) is 3.96. The van der Waals surface area contributed by atoms with Crippen molar-refractivity contribution in [1.29, 1.82) is 0 Å². The van der Waals surface area contributed by atoms with Crippen LogP contribution in [-0.2, 0) is 0 Å². The van der Waals surface area contributed by atoms with E-state index in [2.05, 4.69) is 31.0 Å². The highest BCUT2D eigenvalue weighted by molar-refractivity contribution is 5.00. The van der Waals surface area contributed by atoms with Crippen LogP contribution in [-0.4, -0.2) is 36.1 Å². The van der Waals surface area contributed by atoms with Crippen molar-refractivity contribution in [2.45, 2.75) is 96.6 Å². The Morgan fingerprint density at radius 2 is 1.76 bits per heavy atom. The van der Waals surface area contributed by atoms with Crippen molar-refractivity contribution in [3.05, 3.63) is 0 Å². The Hall–Kier alpha value is -0.0800. The van der Waals surface area contributed by atoms with E-state index in [0.717, 1.165) is 12.0 Å². The summed E-state index contributed by atoms with van der Waals surface area (Å²) in [6.07, 6.45) is 14.2. The molecule has 1 spiro atoms. The van der Waals surface area contributed by atoms with Gasteiger partial charge in [0.05, 0.1) is 0 Å². The van der Waals surface area contributed by atoms with Crippen molar-refractivity contribution in [3.63, 3.8) is 0 Å². The van der Waals surface area contributed by atoms with Crippen molar-refractivity contribution < 1.29 is 0 Å². The molecule has 1 unspecified atom stereocenters. The molecule has 0 aromatic carbocycles. The molecular formula is C19H38N2. The Bertz CT molecular complexity index is 281. The van der Waals surface area contributed by atoms with Gasteiger partial charge in [0.2, 0.25) is 0 Å². The summed E-state index contributed by atoms with van der Waals surface area (Å²) in [4.78, 5) is 2.85. The lowest BCUT2D eigenvalue weighted by Gasteiger charge is -2.51. The Morgan fingerprint density at radius 1 is 1.05 bits per heavy atom. The zero-order valence-corrected chi connectivity index (χ0v) is 14.8. The molecule has 0 aromatic heterocycles. The topological polar surface area (TPSA) is 15.3 Å². The van der Waals surface area contributed by atoms with Gasteiger partial charge in [0.15, 0.2) is 0 Å². The highest BCUT2D eigenvalue weighted by Gasteiger charge is 2.40. The van der Waals surface area contributed by atoms with Crippen LogP contribution < -0.4 is 5.32 Å². The summed E-state index contributed by atoms with van der Waals surface area (Å²) < 4.78 is 0. The molecule has 1 aliphatic carbocycles. The molecule has 1 heterocycles. The molecule has 2 nitrogen and oxygen atoms in total. The van der Waals surface area contributed by atoms with Gasteiger partial charge in [-0.15, -0.1) is 0 Å². The average Bonchev–Trinajstić information content (AvgIpc) is 2.48. The first-order valence-corrected chi connectivity index (χ1v) is 9.66. The molecule has 21 heavy (non-hydrogen) atoms. The summed E-state index contributed by atoms with van der Waals surface area (Å²) >= 11 is 0. The van der Waals surface area contributed by atoms with E-state index in [1.54, 1.807) is 0 Å². The number of unbranched alkanes of at least 4 members (excludes halogenated alkanes) is 4. The molecule has 2 rings (SSSR count). The zero-order chi connectivity index (χ0) is 15.1. The fourth-order valence-electron chi connectivity index (χ4n) is 4.40. The van der Waals surface area contributed by atoms with Gasteiger partial charge in [0.25, 0.3) is 0 Å². The number of nitrogens with zero attached hydrogens (tertiary/aromatic N) is 1. The molecule has 1 aliphatic heterocycles. The van der Waals surface area contributed by atoms with Crippen LogP contribution in [0, 0.1) is 5.92 Å². The Morgan fingerprint density at radius 3 is 2.43 bits per heavy atom. The van der Waals surface area contributed by atoms with E-state index >= 15 is 0 Å².